The number of piperidine rings is 2. The number of benzene rings is 1. The van der Waals surface area contributed by atoms with E-state index < -0.39 is 17.5 Å². The van der Waals surface area contributed by atoms with Gasteiger partial charge in [-0.2, -0.15) is 0 Å². The second-order valence-electron chi connectivity index (χ2n) is 10.6. The van der Waals surface area contributed by atoms with Gasteiger partial charge in [0.15, 0.2) is 11.6 Å². The molecule has 3 aromatic rings. The zero-order valence-corrected chi connectivity index (χ0v) is 20.8. The summed E-state index contributed by atoms with van der Waals surface area (Å²) in [6.45, 7) is 4.10. The van der Waals surface area contributed by atoms with E-state index in [9.17, 15) is 14.3 Å². The lowest BCUT2D eigenvalue weighted by atomic mass is 9.68. The maximum Gasteiger partial charge on any atom is 0.251 e. The normalized spacial score (nSPS) is 27.6. The Morgan fingerprint density at radius 2 is 1.97 bits per heavy atom. The second-order valence-corrected chi connectivity index (χ2v) is 10.6. The highest BCUT2D eigenvalue weighted by molar-refractivity contribution is 5.73. The van der Waals surface area contributed by atoms with Crippen molar-refractivity contribution in [1.29, 1.82) is 0 Å². The van der Waals surface area contributed by atoms with Gasteiger partial charge in [-0.15, -0.1) is 10.2 Å². The van der Waals surface area contributed by atoms with Crippen LogP contribution in [0.5, 0.6) is 5.75 Å². The molecule has 0 amide bonds. The Balaban J connectivity index is 1.39. The van der Waals surface area contributed by atoms with Crippen LogP contribution in [0.15, 0.2) is 41.5 Å². The minimum atomic E-state index is -1.08. The Morgan fingerprint density at radius 3 is 2.67 bits per heavy atom. The van der Waals surface area contributed by atoms with E-state index >= 15 is 4.39 Å². The summed E-state index contributed by atoms with van der Waals surface area (Å²) in [6.07, 6.45) is 4.97. The summed E-state index contributed by atoms with van der Waals surface area (Å²) in [5.74, 6) is -0.132. The fourth-order valence-corrected chi connectivity index (χ4v) is 5.77. The number of rotatable bonds is 4. The molecule has 1 aromatic carbocycles. The van der Waals surface area contributed by atoms with Gasteiger partial charge in [-0.3, -0.25) is 4.79 Å². The molecular formula is C26H30F2N6O2. The fraction of sp³-hybridized carbons (Fsp3) is 0.462. The van der Waals surface area contributed by atoms with Gasteiger partial charge in [0, 0.05) is 43.0 Å². The number of phenolic OH excluding ortho intramolecular Hbond substituents is 1. The van der Waals surface area contributed by atoms with Crippen molar-refractivity contribution in [2.45, 2.75) is 62.8 Å². The summed E-state index contributed by atoms with van der Waals surface area (Å²) in [5.41, 5.74) is -0.330. The maximum absolute atomic E-state index is 15.6. The number of nitrogens with one attached hydrogen (secondary N) is 1. The number of phenols is 1. The van der Waals surface area contributed by atoms with Crippen molar-refractivity contribution in [2.75, 3.05) is 11.9 Å². The quantitative estimate of drug-likeness (QED) is 0.570. The van der Waals surface area contributed by atoms with Gasteiger partial charge in [0.25, 0.3) is 5.56 Å². The summed E-state index contributed by atoms with van der Waals surface area (Å²) in [6, 6.07) is 5.30. The molecular weight excluding hydrogens is 466 g/mol. The molecule has 0 spiro atoms. The average Bonchev–Trinajstić information content (AvgIpc) is 2.83. The summed E-state index contributed by atoms with van der Waals surface area (Å²) >= 11 is 0. The number of anilines is 1. The van der Waals surface area contributed by atoms with E-state index in [-0.39, 0.29) is 34.3 Å². The molecule has 10 heteroatoms. The third-order valence-corrected chi connectivity index (χ3v) is 7.76. The van der Waals surface area contributed by atoms with Crippen molar-refractivity contribution in [1.82, 2.24) is 25.1 Å². The lowest BCUT2D eigenvalue weighted by Gasteiger charge is -2.56. The van der Waals surface area contributed by atoms with Gasteiger partial charge in [-0.1, -0.05) is 6.07 Å². The van der Waals surface area contributed by atoms with E-state index in [1.165, 1.54) is 25.4 Å². The number of hydrogen-bond donors (Lipinski definition) is 2. The van der Waals surface area contributed by atoms with Crippen LogP contribution < -0.4 is 15.8 Å². The number of halogens is 2. The molecule has 0 saturated carbocycles. The second kappa shape index (κ2) is 8.62. The molecule has 0 aliphatic carbocycles. The van der Waals surface area contributed by atoms with E-state index in [0.717, 1.165) is 30.0 Å². The first-order chi connectivity index (χ1) is 17.0. The van der Waals surface area contributed by atoms with Gasteiger partial charge in [-0.05, 0) is 57.2 Å². The van der Waals surface area contributed by atoms with E-state index in [4.69, 9.17) is 0 Å². The first-order valence-corrected chi connectivity index (χ1v) is 12.1. The van der Waals surface area contributed by atoms with E-state index in [0.29, 0.717) is 23.4 Å². The van der Waals surface area contributed by atoms with Gasteiger partial charge in [0.2, 0.25) is 0 Å². The van der Waals surface area contributed by atoms with Crippen molar-refractivity contribution in [3.63, 3.8) is 0 Å². The summed E-state index contributed by atoms with van der Waals surface area (Å²) < 4.78 is 31.1. The van der Waals surface area contributed by atoms with Crippen LogP contribution in [0.1, 0.15) is 39.5 Å². The molecule has 4 atom stereocenters. The van der Waals surface area contributed by atoms with Crippen LogP contribution in [0.3, 0.4) is 0 Å². The molecule has 190 valence electrons. The summed E-state index contributed by atoms with van der Waals surface area (Å²) in [5, 5.41) is 22.6. The molecule has 2 bridgehead atoms. The van der Waals surface area contributed by atoms with Gasteiger partial charge >= 0.3 is 0 Å². The molecule has 2 fully saturated rings. The van der Waals surface area contributed by atoms with Gasteiger partial charge in [0.1, 0.15) is 17.7 Å². The lowest BCUT2D eigenvalue weighted by molar-refractivity contribution is 0.00193. The zero-order valence-electron chi connectivity index (χ0n) is 20.8. The zero-order chi connectivity index (χ0) is 25.8. The van der Waals surface area contributed by atoms with Gasteiger partial charge < -0.3 is 19.9 Å². The van der Waals surface area contributed by atoms with Crippen LogP contribution in [0.2, 0.25) is 0 Å². The Morgan fingerprint density at radius 1 is 1.19 bits per heavy atom. The number of hydrogen-bond acceptors (Lipinski definition) is 7. The van der Waals surface area contributed by atoms with Crippen molar-refractivity contribution in [3.05, 3.63) is 52.8 Å². The summed E-state index contributed by atoms with van der Waals surface area (Å²) in [4.78, 5) is 18.1. The number of aryl methyl sites for hydroxylation is 1. The van der Waals surface area contributed by atoms with Crippen molar-refractivity contribution in [3.8, 4) is 28.3 Å². The number of nitrogens with zero attached hydrogens (tertiary/aromatic N) is 5. The standard InChI is InChI=1S/C26H30F2N6O2/c1-25-8-5-9-26(2,32-25)23(28)19(12-25)34(4)21-13-29-24(31-30-21)16-7-6-15(10-20(16)35)17-11-22(36)33(3)14-18(17)27/h6-7,10-11,13-14,19,23,32,35H,5,8-9,12H2,1-4H3/t19-,23-,25-,26+/m1/s1. The predicted octanol–water partition coefficient (Wildman–Crippen LogP) is 3.59. The molecule has 8 nitrogen and oxygen atoms in total. The maximum atomic E-state index is 15.6. The van der Waals surface area contributed by atoms with E-state index in [1.807, 2.05) is 6.92 Å². The molecule has 2 aliphatic heterocycles. The molecule has 0 radical (unpaired) electrons. The van der Waals surface area contributed by atoms with Crippen molar-refractivity contribution < 1.29 is 13.9 Å². The predicted molar refractivity (Wildman–Crippen MR) is 133 cm³/mol. The number of alkyl halides is 1. The Labute approximate surface area is 208 Å². The fourth-order valence-electron chi connectivity index (χ4n) is 5.77. The number of aromatic nitrogens is 4. The summed E-state index contributed by atoms with van der Waals surface area (Å²) in [7, 11) is 3.27. The third kappa shape index (κ3) is 4.13. The van der Waals surface area contributed by atoms with Crippen LogP contribution in [-0.2, 0) is 7.05 Å². The molecule has 2 N–H and O–H groups in total. The SMILES string of the molecule is CN(c1cnc(-c2ccc(-c3cc(=O)n(C)cc3F)cc2O)nn1)[C@@H]1C[C@@]2(C)CCC[C@](C)(N2)[C@@H]1F. The van der Waals surface area contributed by atoms with Crippen LogP contribution in [0, 0.1) is 5.82 Å². The Hall–Kier alpha value is -3.40. The van der Waals surface area contributed by atoms with Crippen LogP contribution in [0.4, 0.5) is 14.6 Å². The molecule has 2 saturated heterocycles. The lowest BCUT2D eigenvalue weighted by Crippen LogP contribution is -2.72. The number of aromatic hydroxyl groups is 1. The molecule has 4 heterocycles. The van der Waals surface area contributed by atoms with E-state index in [2.05, 4.69) is 27.4 Å². The minimum Gasteiger partial charge on any atom is -0.507 e. The van der Waals surface area contributed by atoms with Crippen molar-refractivity contribution >= 4 is 5.82 Å². The smallest absolute Gasteiger partial charge is 0.251 e. The van der Waals surface area contributed by atoms with E-state index in [1.54, 1.807) is 24.1 Å². The first-order valence-electron chi connectivity index (χ1n) is 12.1. The topological polar surface area (TPSA) is 96.2 Å². The highest BCUT2D eigenvalue weighted by Crippen LogP contribution is 2.43. The van der Waals surface area contributed by atoms with Gasteiger partial charge in [0.05, 0.1) is 17.8 Å². The number of fused-ring (bicyclic) bond motifs is 2. The highest BCUT2D eigenvalue weighted by Gasteiger charge is 2.53. The monoisotopic (exact) mass is 496 g/mol. The molecule has 5 rings (SSSR count). The molecule has 36 heavy (non-hydrogen) atoms. The first kappa shape index (κ1) is 24.3. The highest BCUT2D eigenvalue weighted by atomic mass is 19.1. The minimum absolute atomic E-state index is 0.0888. The Bertz CT molecular complexity index is 1360. The third-order valence-electron chi connectivity index (χ3n) is 7.76. The van der Waals surface area contributed by atoms with Crippen molar-refractivity contribution in [2.24, 2.45) is 7.05 Å². The molecule has 2 aromatic heterocycles. The van der Waals surface area contributed by atoms with Crippen LogP contribution in [-0.4, -0.2) is 55.2 Å². The van der Waals surface area contributed by atoms with Crippen LogP contribution >= 0.6 is 0 Å². The molecule has 0 unspecified atom stereocenters. The Kier molecular flexibility index (Phi) is 5.82. The average molecular weight is 497 g/mol. The van der Waals surface area contributed by atoms with Crippen LogP contribution in [0.25, 0.3) is 22.5 Å². The molecule has 2 aliphatic rings. The largest absolute Gasteiger partial charge is 0.507 e. The van der Waals surface area contributed by atoms with Gasteiger partial charge in [-0.25, -0.2) is 13.8 Å². The number of pyridine rings is 1.